The maximum atomic E-state index is 12.2. The van der Waals surface area contributed by atoms with E-state index in [0.717, 1.165) is 5.56 Å². The number of amides is 2. The van der Waals surface area contributed by atoms with E-state index in [1.165, 1.54) is 17.9 Å². The average molecular weight is 374 g/mol. The zero-order valence-electron chi connectivity index (χ0n) is 15.8. The summed E-state index contributed by atoms with van der Waals surface area (Å²) in [5, 5.41) is 5.52. The molecule has 5 nitrogen and oxygen atoms in total. The van der Waals surface area contributed by atoms with Crippen LogP contribution in [0.4, 0.5) is 11.4 Å². The number of hydrogen-bond donors (Lipinski definition) is 2. The SMILES string of the molecule is CC(C)c1ccc(/C=C/C(=O)Nc2cccc(NC(=O)c3ccco3)c2)cc1. The number of rotatable bonds is 6. The van der Waals surface area contributed by atoms with E-state index in [0.29, 0.717) is 17.3 Å². The first-order valence-electron chi connectivity index (χ1n) is 9.05. The van der Waals surface area contributed by atoms with Gasteiger partial charge < -0.3 is 15.1 Å². The average Bonchev–Trinajstić information content (AvgIpc) is 3.22. The van der Waals surface area contributed by atoms with Gasteiger partial charge in [-0.3, -0.25) is 9.59 Å². The third-order valence-electron chi connectivity index (χ3n) is 4.16. The van der Waals surface area contributed by atoms with Gasteiger partial charge in [0, 0.05) is 17.5 Å². The summed E-state index contributed by atoms with van der Waals surface area (Å²) in [4.78, 5) is 24.2. The van der Waals surface area contributed by atoms with Crippen molar-refractivity contribution in [3.05, 3.63) is 89.9 Å². The molecule has 0 saturated heterocycles. The van der Waals surface area contributed by atoms with Crippen LogP contribution in [0.3, 0.4) is 0 Å². The normalized spacial score (nSPS) is 11.0. The fourth-order valence-electron chi connectivity index (χ4n) is 2.62. The lowest BCUT2D eigenvalue weighted by atomic mass is 10.0. The minimum absolute atomic E-state index is 0.223. The van der Waals surface area contributed by atoms with Crippen LogP contribution in [0.1, 0.15) is 41.4 Å². The molecule has 2 N–H and O–H groups in total. The first-order valence-corrected chi connectivity index (χ1v) is 9.05. The van der Waals surface area contributed by atoms with Crippen molar-refractivity contribution in [2.75, 3.05) is 10.6 Å². The van der Waals surface area contributed by atoms with Gasteiger partial charge in [-0.05, 0) is 53.5 Å². The highest BCUT2D eigenvalue weighted by Crippen LogP contribution is 2.17. The van der Waals surface area contributed by atoms with E-state index in [2.05, 4.69) is 36.6 Å². The molecule has 1 aromatic heterocycles. The third kappa shape index (κ3) is 5.20. The van der Waals surface area contributed by atoms with Gasteiger partial charge in [-0.15, -0.1) is 0 Å². The van der Waals surface area contributed by atoms with Crippen LogP contribution in [0.2, 0.25) is 0 Å². The van der Waals surface area contributed by atoms with Crippen LogP contribution in [0.25, 0.3) is 6.08 Å². The van der Waals surface area contributed by atoms with Crippen molar-refractivity contribution in [3.63, 3.8) is 0 Å². The number of benzene rings is 2. The van der Waals surface area contributed by atoms with Crippen LogP contribution in [0, 0.1) is 0 Å². The van der Waals surface area contributed by atoms with Crippen molar-refractivity contribution in [2.45, 2.75) is 19.8 Å². The monoisotopic (exact) mass is 374 g/mol. The summed E-state index contributed by atoms with van der Waals surface area (Å²) in [6, 6.07) is 18.3. The highest BCUT2D eigenvalue weighted by molar-refractivity contribution is 6.04. The Hall–Kier alpha value is -3.60. The molecule has 0 spiro atoms. The lowest BCUT2D eigenvalue weighted by Crippen LogP contribution is -2.12. The summed E-state index contributed by atoms with van der Waals surface area (Å²) in [5.74, 6) is 0.100. The number of carbonyl (C=O) groups excluding carboxylic acids is 2. The molecular formula is C23H22N2O3. The van der Waals surface area contributed by atoms with Gasteiger partial charge in [0.2, 0.25) is 5.91 Å². The molecule has 0 aliphatic carbocycles. The van der Waals surface area contributed by atoms with Crippen LogP contribution in [0.5, 0.6) is 0 Å². The largest absolute Gasteiger partial charge is 0.459 e. The molecule has 0 unspecified atom stereocenters. The van der Waals surface area contributed by atoms with Crippen molar-refractivity contribution in [1.82, 2.24) is 0 Å². The maximum absolute atomic E-state index is 12.2. The standard InChI is InChI=1S/C23H22N2O3/c1-16(2)18-11-8-17(9-12-18)10-13-22(26)24-19-5-3-6-20(15-19)25-23(27)21-7-4-14-28-21/h3-16H,1-2H3,(H,24,26)(H,25,27)/b13-10+. The number of nitrogens with one attached hydrogen (secondary N) is 2. The Labute approximate surface area is 164 Å². The van der Waals surface area contributed by atoms with E-state index >= 15 is 0 Å². The molecule has 0 saturated carbocycles. The number of anilines is 2. The van der Waals surface area contributed by atoms with Gasteiger partial charge in [0.15, 0.2) is 5.76 Å². The van der Waals surface area contributed by atoms with E-state index in [9.17, 15) is 9.59 Å². The third-order valence-corrected chi connectivity index (χ3v) is 4.16. The molecule has 0 bridgehead atoms. The van der Waals surface area contributed by atoms with Crippen LogP contribution in [0.15, 0.2) is 77.4 Å². The highest BCUT2D eigenvalue weighted by Gasteiger charge is 2.09. The molecule has 3 aromatic rings. The van der Waals surface area contributed by atoms with Crippen LogP contribution < -0.4 is 10.6 Å². The van der Waals surface area contributed by atoms with Crippen molar-refractivity contribution in [3.8, 4) is 0 Å². The summed E-state index contributed by atoms with van der Waals surface area (Å²) in [6.45, 7) is 4.28. The van der Waals surface area contributed by atoms with Crippen molar-refractivity contribution >= 4 is 29.3 Å². The fourth-order valence-corrected chi connectivity index (χ4v) is 2.62. The zero-order chi connectivity index (χ0) is 19.9. The van der Waals surface area contributed by atoms with Crippen LogP contribution in [-0.4, -0.2) is 11.8 Å². The topological polar surface area (TPSA) is 71.3 Å². The Bertz CT molecular complexity index is 971. The zero-order valence-corrected chi connectivity index (χ0v) is 15.8. The second-order valence-electron chi connectivity index (χ2n) is 6.66. The molecule has 5 heteroatoms. The summed E-state index contributed by atoms with van der Waals surface area (Å²) < 4.78 is 5.07. The second-order valence-corrected chi connectivity index (χ2v) is 6.66. The van der Waals surface area contributed by atoms with Crippen LogP contribution in [-0.2, 0) is 4.79 Å². The molecule has 0 aliphatic heterocycles. The predicted molar refractivity (Wildman–Crippen MR) is 111 cm³/mol. The minimum Gasteiger partial charge on any atom is -0.459 e. The highest BCUT2D eigenvalue weighted by atomic mass is 16.3. The molecule has 142 valence electrons. The van der Waals surface area contributed by atoms with E-state index in [1.807, 2.05) is 12.1 Å². The predicted octanol–water partition coefficient (Wildman–Crippen LogP) is 5.31. The number of furan rings is 1. The van der Waals surface area contributed by atoms with E-state index in [-0.39, 0.29) is 17.6 Å². The van der Waals surface area contributed by atoms with Crippen molar-refractivity contribution < 1.29 is 14.0 Å². The number of carbonyl (C=O) groups is 2. The summed E-state index contributed by atoms with van der Waals surface area (Å²) in [6.07, 6.45) is 4.69. The molecule has 1 heterocycles. The molecule has 2 amide bonds. The Morgan fingerprint density at radius 3 is 2.29 bits per heavy atom. The Balaban J connectivity index is 1.60. The van der Waals surface area contributed by atoms with Gasteiger partial charge in [0.25, 0.3) is 5.91 Å². The van der Waals surface area contributed by atoms with Gasteiger partial charge in [-0.2, -0.15) is 0 Å². The van der Waals surface area contributed by atoms with Gasteiger partial charge in [0.05, 0.1) is 6.26 Å². The van der Waals surface area contributed by atoms with Crippen LogP contribution >= 0.6 is 0 Å². The van der Waals surface area contributed by atoms with Gasteiger partial charge in [0.1, 0.15) is 0 Å². The lowest BCUT2D eigenvalue weighted by Gasteiger charge is -2.07. The first-order chi connectivity index (χ1) is 13.5. The minimum atomic E-state index is -0.349. The Morgan fingerprint density at radius 1 is 0.929 bits per heavy atom. The first kappa shape index (κ1) is 19.2. The smallest absolute Gasteiger partial charge is 0.291 e. The molecule has 0 atom stereocenters. The quantitative estimate of drug-likeness (QED) is 0.575. The molecule has 0 aliphatic rings. The lowest BCUT2D eigenvalue weighted by molar-refractivity contribution is -0.111. The van der Waals surface area contributed by atoms with E-state index in [1.54, 1.807) is 42.5 Å². The number of hydrogen-bond acceptors (Lipinski definition) is 3. The van der Waals surface area contributed by atoms with Gasteiger partial charge in [-0.1, -0.05) is 44.2 Å². The molecule has 0 fully saturated rings. The van der Waals surface area contributed by atoms with Gasteiger partial charge >= 0.3 is 0 Å². The molecule has 0 radical (unpaired) electrons. The molecule has 3 rings (SSSR count). The van der Waals surface area contributed by atoms with Gasteiger partial charge in [-0.25, -0.2) is 0 Å². The fraction of sp³-hybridized carbons (Fsp3) is 0.130. The van der Waals surface area contributed by atoms with E-state index < -0.39 is 0 Å². The molecule has 28 heavy (non-hydrogen) atoms. The summed E-state index contributed by atoms with van der Waals surface area (Å²) in [5.41, 5.74) is 3.36. The molecular weight excluding hydrogens is 352 g/mol. The maximum Gasteiger partial charge on any atom is 0.291 e. The van der Waals surface area contributed by atoms with Crippen molar-refractivity contribution in [2.24, 2.45) is 0 Å². The second kappa shape index (κ2) is 8.86. The van der Waals surface area contributed by atoms with Crippen molar-refractivity contribution in [1.29, 1.82) is 0 Å². The molecule has 2 aromatic carbocycles. The Morgan fingerprint density at radius 2 is 1.64 bits per heavy atom. The van der Waals surface area contributed by atoms with E-state index in [4.69, 9.17) is 4.42 Å². The summed E-state index contributed by atoms with van der Waals surface area (Å²) >= 11 is 0. The summed E-state index contributed by atoms with van der Waals surface area (Å²) in [7, 11) is 0. The Kier molecular flexibility index (Phi) is 6.07.